The molecule has 0 amide bonds. The summed E-state index contributed by atoms with van der Waals surface area (Å²) in [6.07, 6.45) is -10.6. The van der Waals surface area contributed by atoms with Crippen LogP contribution >= 0.6 is 0 Å². The molecule has 2 heterocycles. The Hall–Kier alpha value is -4.91. The quantitative estimate of drug-likeness (QED) is 0.248. The predicted octanol–water partition coefficient (Wildman–Crippen LogP) is 6.01. The zero-order chi connectivity index (χ0) is 26.3. The van der Waals surface area contributed by atoms with E-state index in [-0.39, 0.29) is 22.3 Å². The highest BCUT2D eigenvalue weighted by Gasteiger charge is 2.48. The second-order valence-electron chi connectivity index (χ2n) is 7.11. The van der Waals surface area contributed by atoms with Crippen LogP contribution in [0, 0.1) is 22.7 Å². The van der Waals surface area contributed by atoms with Gasteiger partial charge in [-0.05, 0) is 12.1 Å². The van der Waals surface area contributed by atoms with Crippen LogP contribution in [0.3, 0.4) is 0 Å². The van der Waals surface area contributed by atoms with Gasteiger partial charge in [-0.2, -0.15) is 36.9 Å². The average molecular weight is 502 g/mol. The first-order chi connectivity index (χ1) is 17.0. The number of rotatable bonds is 4. The van der Waals surface area contributed by atoms with Gasteiger partial charge in [-0.15, -0.1) is 0 Å². The number of benzene rings is 2. The van der Waals surface area contributed by atoms with E-state index in [9.17, 15) is 41.7 Å². The van der Waals surface area contributed by atoms with Gasteiger partial charge in [-0.1, -0.05) is 46.7 Å². The van der Waals surface area contributed by atoms with Crippen LogP contribution in [-0.2, 0) is 12.4 Å². The maximum atomic E-state index is 14.0. The molecule has 2 aromatic heterocycles. The Labute approximate surface area is 196 Å². The summed E-state index contributed by atoms with van der Waals surface area (Å²) in [5.41, 5.74) is -6.72. The Kier molecular flexibility index (Phi) is 5.86. The molecule has 36 heavy (non-hydrogen) atoms. The summed E-state index contributed by atoms with van der Waals surface area (Å²) in [5.74, 6) is -5.12. The summed E-state index contributed by atoms with van der Waals surface area (Å²) in [6, 6.07) is 13.2. The van der Waals surface area contributed by atoms with E-state index in [1.165, 1.54) is 36.4 Å². The molecule has 180 valence electrons. The lowest BCUT2D eigenvalue weighted by molar-refractivity contribution is -0.138. The summed E-state index contributed by atoms with van der Waals surface area (Å²) in [7, 11) is 0. The van der Waals surface area contributed by atoms with E-state index in [1.54, 1.807) is 12.1 Å². The first kappa shape index (κ1) is 24.2. The molecule has 0 saturated carbocycles. The number of ketones is 1. The topological polar surface area (TPSA) is 117 Å². The van der Waals surface area contributed by atoms with Crippen LogP contribution in [0.2, 0.25) is 0 Å². The molecule has 0 aliphatic rings. The monoisotopic (exact) mass is 502 g/mol. The van der Waals surface area contributed by atoms with Crippen LogP contribution in [-0.4, -0.2) is 16.1 Å². The minimum absolute atomic E-state index is 0.249. The number of carbonyl (C=O) groups is 1. The van der Waals surface area contributed by atoms with Gasteiger partial charge in [0.25, 0.3) is 5.78 Å². The van der Waals surface area contributed by atoms with Crippen LogP contribution < -0.4 is 0 Å². The van der Waals surface area contributed by atoms with Crippen molar-refractivity contribution >= 4 is 5.78 Å². The van der Waals surface area contributed by atoms with Crippen molar-refractivity contribution < 1.29 is 40.2 Å². The molecule has 0 aliphatic carbocycles. The van der Waals surface area contributed by atoms with Crippen molar-refractivity contribution in [2.45, 2.75) is 12.4 Å². The molecule has 0 N–H and O–H groups in total. The van der Waals surface area contributed by atoms with Crippen molar-refractivity contribution in [2.75, 3.05) is 0 Å². The first-order valence-electron chi connectivity index (χ1n) is 9.66. The van der Waals surface area contributed by atoms with Crippen molar-refractivity contribution in [1.29, 1.82) is 10.5 Å². The highest BCUT2D eigenvalue weighted by molar-refractivity contribution is 6.08. The minimum atomic E-state index is -5.32. The van der Waals surface area contributed by atoms with E-state index in [2.05, 4.69) is 19.4 Å². The van der Waals surface area contributed by atoms with Crippen LogP contribution in [0.25, 0.3) is 22.5 Å². The van der Waals surface area contributed by atoms with Crippen molar-refractivity contribution in [1.82, 2.24) is 10.3 Å². The van der Waals surface area contributed by atoms with Crippen LogP contribution in [0.15, 0.2) is 57.6 Å². The molecule has 0 radical (unpaired) electrons. The molecular formula is C23H8F6N4O3. The second kappa shape index (κ2) is 8.70. The standard InChI is InChI=1S/C23H8F6N4O3/c24-22(25,26)15-17(13-7-3-1-5-11(13)9-30)32-35-20(15)19(34)21-16(23(27,28)29)18(33-36-21)14-8-4-2-6-12(14)10-31/h1-8H. The predicted molar refractivity (Wildman–Crippen MR) is 107 cm³/mol. The number of halogens is 6. The van der Waals surface area contributed by atoms with Crippen molar-refractivity contribution in [3.63, 3.8) is 0 Å². The maximum absolute atomic E-state index is 14.0. The van der Waals surface area contributed by atoms with Gasteiger partial charge in [0.2, 0.25) is 11.5 Å². The Bertz CT molecular complexity index is 1450. The van der Waals surface area contributed by atoms with Crippen molar-refractivity contribution in [3.05, 3.63) is 82.3 Å². The zero-order valence-corrected chi connectivity index (χ0v) is 17.4. The summed E-state index contributed by atoms with van der Waals surface area (Å²) < 4.78 is 93.2. The molecule has 4 aromatic rings. The van der Waals surface area contributed by atoms with E-state index < -0.39 is 52.2 Å². The lowest BCUT2D eigenvalue weighted by Gasteiger charge is -2.10. The van der Waals surface area contributed by atoms with Crippen molar-refractivity contribution in [2.24, 2.45) is 0 Å². The molecular weight excluding hydrogens is 494 g/mol. The zero-order valence-electron chi connectivity index (χ0n) is 17.4. The largest absolute Gasteiger partial charge is 0.422 e. The van der Waals surface area contributed by atoms with E-state index in [4.69, 9.17) is 0 Å². The van der Waals surface area contributed by atoms with Crippen LogP contribution in [0.5, 0.6) is 0 Å². The third-order valence-corrected chi connectivity index (χ3v) is 4.97. The Morgan fingerprint density at radius 3 is 1.39 bits per heavy atom. The van der Waals surface area contributed by atoms with Gasteiger partial charge in [0.15, 0.2) is 0 Å². The molecule has 0 saturated heterocycles. The van der Waals surface area contributed by atoms with Crippen molar-refractivity contribution in [3.8, 4) is 34.7 Å². The summed E-state index contributed by atoms with van der Waals surface area (Å²) in [5, 5.41) is 24.9. The molecule has 7 nitrogen and oxygen atoms in total. The lowest BCUT2D eigenvalue weighted by atomic mass is 9.97. The van der Waals surface area contributed by atoms with E-state index in [1.807, 2.05) is 0 Å². The van der Waals surface area contributed by atoms with Crippen LogP contribution in [0.1, 0.15) is 38.6 Å². The third-order valence-electron chi connectivity index (χ3n) is 4.97. The van der Waals surface area contributed by atoms with Gasteiger partial charge in [-0.25, -0.2) is 0 Å². The lowest BCUT2D eigenvalue weighted by Crippen LogP contribution is -2.16. The molecule has 2 aromatic carbocycles. The van der Waals surface area contributed by atoms with Crippen LogP contribution in [0.4, 0.5) is 26.3 Å². The Morgan fingerprint density at radius 2 is 1.06 bits per heavy atom. The summed E-state index contributed by atoms with van der Waals surface area (Å²) >= 11 is 0. The number of hydrogen-bond acceptors (Lipinski definition) is 7. The SMILES string of the molecule is N#Cc1ccccc1-c1noc(C(=O)c2onc(-c3ccccc3C#N)c2C(F)(F)F)c1C(F)(F)F. The first-order valence-corrected chi connectivity index (χ1v) is 9.66. The number of aromatic nitrogens is 2. The molecule has 0 atom stereocenters. The fraction of sp³-hybridized carbons (Fsp3) is 0.0870. The van der Waals surface area contributed by atoms with E-state index >= 15 is 0 Å². The summed E-state index contributed by atoms with van der Waals surface area (Å²) in [6.45, 7) is 0. The number of nitriles is 2. The van der Waals surface area contributed by atoms with Gasteiger partial charge in [0, 0.05) is 11.1 Å². The molecule has 0 bridgehead atoms. The highest BCUT2D eigenvalue weighted by Crippen LogP contribution is 2.44. The highest BCUT2D eigenvalue weighted by atomic mass is 19.4. The normalized spacial score (nSPS) is 11.7. The number of nitrogens with zero attached hydrogens (tertiary/aromatic N) is 4. The molecule has 13 heteroatoms. The van der Waals surface area contributed by atoms with Gasteiger partial charge in [0.05, 0.1) is 23.3 Å². The number of alkyl halides is 6. The Morgan fingerprint density at radius 1 is 0.694 bits per heavy atom. The van der Waals surface area contributed by atoms with Gasteiger partial charge < -0.3 is 9.05 Å². The second-order valence-corrected chi connectivity index (χ2v) is 7.11. The van der Waals surface area contributed by atoms with E-state index in [0.29, 0.717) is 0 Å². The number of carbonyl (C=O) groups excluding carboxylic acids is 1. The Balaban J connectivity index is 1.95. The van der Waals surface area contributed by atoms with Gasteiger partial charge >= 0.3 is 12.4 Å². The maximum Gasteiger partial charge on any atom is 0.422 e. The van der Waals surface area contributed by atoms with Gasteiger partial charge in [0.1, 0.15) is 22.5 Å². The molecule has 0 spiro atoms. The smallest absolute Gasteiger partial charge is 0.351 e. The van der Waals surface area contributed by atoms with Gasteiger partial charge in [-0.3, -0.25) is 4.79 Å². The molecule has 0 fully saturated rings. The minimum Gasteiger partial charge on any atom is -0.351 e. The average Bonchev–Trinajstić information content (AvgIpc) is 3.48. The van der Waals surface area contributed by atoms with E-state index in [0.717, 1.165) is 12.1 Å². The summed E-state index contributed by atoms with van der Waals surface area (Å²) in [4.78, 5) is 13.0. The molecule has 4 rings (SSSR count). The number of hydrogen-bond donors (Lipinski definition) is 0. The molecule has 0 unspecified atom stereocenters. The fourth-order valence-corrected chi connectivity index (χ4v) is 3.46. The third kappa shape index (κ3) is 4.07. The molecule has 0 aliphatic heterocycles. The fourth-order valence-electron chi connectivity index (χ4n) is 3.46.